The van der Waals surface area contributed by atoms with Gasteiger partial charge in [0.1, 0.15) is 0 Å². The Morgan fingerprint density at radius 2 is 1.65 bits per heavy atom. The summed E-state index contributed by atoms with van der Waals surface area (Å²) in [6.45, 7) is 3.46. The summed E-state index contributed by atoms with van der Waals surface area (Å²) in [5.41, 5.74) is 1.59. The minimum absolute atomic E-state index is 0.0300. The molecule has 1 aliphatic heterocycles. The zero-order valence-corrected chi connectivity index (χ0v) is 14.6. The number of rotatable bonds is 4. The Morgan fingerprint density at radius 1 is 1.00 bits per heavy atom. The zero-order chi connectivity index (χ0) is 18.5. The average Bonchev–Trinajstić information content (AvgIpc) is 3.17. The fourth-order valence-electron chi connectivity index (χ4n) is 2.91. The molecule has 1 saturated heterocycles. The summed E-state index contributed by atoms with van der Waals surface area (Å²) >= 11 is 0. The molecule has 0 saturated carbocycles. The van der Waals surface area contributed by atoms with Crippen molar-refractivity contribution in [3.63, 3.8) is 0 Å². The van der Waals surface area contributed by atoms with E-state index in [9.17, 15) is 14.4 Å². The highest BCUT2D eigenvalue weighted by Crippen LogP contribution is 2.13. The largest absolute Gasteiger partial charge is 0.459 e. The second kappa shape index (κ2) is 7.86. The number of hydrogen-bond donors (Lipinski definition) is 1. The Bertz CT molecular complexity index is 776. The summed E-state index contributed by atoms with van der Waals surface area (Å²) in [4.78, 5) is 39.2. The Hall–Kier alpha value is -3.09. The monoisotopic (exact) mass is 355 g/mol. The van der Waals surface area contributed by atoms with Gasteiger partial charge in [0.25, 0.3) is 5.91 Å². The smallest absolute Gasteiger partial charge is 0.289 e. The molecule has 0 bridgehead atoms. The van der Waals surface area contributed by atoms with Gasteiger partial charge in [-0.3, -0.25) is 14.4 Å². The molecule has 136 valence electrons. The van der Waals surface area contributed by atoms with Gasteiger partial charge < -0.3 is 19.5 Å². The summed E-state index contributed by atoms with van der Waals surface area (Å²) in [6, 6.07) is 10.6. The van der Waals surface area contributed by atoms with Gasteiger partial charge in [0.05, 0.1) is 12.7 Å². The number of benzene rings is 1. The minimum Gasteiger partial charge on any atom is -0.459 e. The molecule has 2 aromatic rings. The number of furan rings is 1. The molecular formula is C19H21N3O4. The van der Waals surface area contributed by atoms with E-state index in [-0.39, 0.29) is 17.7 Å². The van der Waals surface area contributed by atoms with Crippen molar-refractivity contribution >= 4 is 23.4 Å². The molecule has 1 aromatic heterocycles. The van der Waals surface area contributed by atoms with Gasteiger partial charge in [0.15, 0.2) is 5.76 Å². The molecule has 7 heteroatoms. The molecule has 1 aliphatic rings. The Labute approximate surface area is 151 Å². The van der Waals surface area contributed by atoms with E-state index in [1.165, 1.54) is 13.2 Å². The lowest BCUT2D eigenvalue weighted by atomic mass is 10.1. The van der Waals surface area contributed by atoms with Crippen molar-refractivity contribution in [2.75, 3.05) is 31.5 Å². The van der Waals surface area contributed by atoms with Gasteiger partial charge in [-0.1, -0.05) is 12.1 Å². The van der Waals surface area contributed by atoms with Crippen molar-refractivity contribution in [2.24, 2.45) is 0 Å². The SMILES string of the molecule is CC(=O)Nc1ccc(CC(=O)N2CCN(C(=O)c3ccco3)CC2)cc1. The molecule has 1 aromatic carbocycles. The van der Waals surface area contributed by atoms with Crippen molar-refractivity contribution < 1.29 is 18.8 Å². The molecule has 26 heavy (non-hydrogen) atoms. The molecule has 7 nitrogen and oxygen atoms in total. The number of carbonyl (C=O) groups is 3. The maximum atomic E-state index is 12.5. The topological polar surface area (TPSA) is 82.9 Å². The van der Waals surface area contributed by atoms with E-state index in [4.69, 9.17) is 4.42 Å². The average molecular weight is 355 g/mol. The fourth-order valence-corrected chi connectivity index (χ4v) is 2.91. The summed E-state index contributed by atoms with van der Waals surface area (Å²) < 4.78 is 5.14. The summed E-state index contributed by atoms with van der Waals surface area (Å²) in [5, 5.41) is 2.70. The van der Waals surface area contributed by atoms with E-state index in [0.717, 1.165) is 5.56 Å². The first-order valence-electron chi connectivity index (χ1n) is 8.50. The van der Waals surface area contributed by atoms with E-state index in [0.29, 0.717) is 44.0 Å². The first-order chi connectivity index (χ1) is 12.5. The second-order valence-corrected chi connectivity index (χ2v) is 6.21. The maximum Gasteiger partial charge on any atom is 0.289 e. The molecule has 1 N–H and O–H groups in total. The molecule has 0 unspecified atom stereocenters. The lowest BCUT2D eigenvalue weighted by Crippen LogP contribution is -2.50. The van der Waals surface area contributed by atoms with Gasteiger partial charge in [-0.25, -0.2) is 0 Å². The van der Waals surface area contributed by atoms with E-state index in [2.05, 4.69) is 5.32 Å². The van der Waals surface area contributed by atoms with Crippen LogP contribution in [-0.4, -0.2) is 53.7 Å². The van der Waals surface area contributed by atoms with E-state index in [1.807, 2.05) is 12.1 Å². The van der Waals surface area contributed by atoms with Crippen LogP contribution in [0.3, 0.4) is 0 Å². The van der Waals surface area contributed by atoms with Gasteiger partial charge >= 0.3 is 0 Å². The van der Waals surface area contributed by atoms with Crippen LogP contribution in [0, 0.1) is 0 Å². The highest BCUT2D eigenvalue weighted by Gasteiger charge is 2.25. The number of anilines is 1. The zero-order valence-electron chi connectivity index (χ0n) is 14.6. The third kappa shape index (κ3) is 4.30. The van der Waals surface area contributed by atoms with Crippen LogP contribution >= 0.6 is 0 Å². The molecule has 0 radical (unpaired) electrons. The molecule has 0 aliphatic carbocycles. The highest BCUT2D eigenvalue weighted by molar-refractivity contribution is 5.91. The van der Waals surface area contributed by atoms with Crippen LogP contribution < -0.4 is 5.32 Å². The van der Waals surface area contributed by atoms with Gasteiger partial charge in [0, 0.05) is 38.8 Å². The minimum atomic E-state index is -0.143. The van der Waals surface area contributed by atoms with Crippen LogP contribution in [0.1, 0.15) is 23.0 Å². The molecule has 3 rings (SSSR count). The summed E-state index contributed by atoms with van der Waals surface area (Å²) in [5.74, 6) is 0.0814. The number of nitrogens with zero attached hydrogens (tertiary/aromatic N) is 2. The second-order valence-electron chi connectivity index (χ2n) is 6.21. The van der Waals surface area contributed by atoms with Crippen molar-refractivity contribution in [1.29, 1.82) is 0 Å². The van der Waals surface area contributed by atoms with Crippen LogP contribution in [0.15, 0.2) is 47.1 Å². The molecular weight excluding hydrogens is 334 g/mol. The van der Waals surface area contributed by atoms with E-state index in [1.54, 1.807) is 34.1 Å². The van der Waals surface area contributed by atoms with Crippen LogP contribution in [0.5, 0.6) is 0 Å². The number of carbonyl (C=O) groups excluding carboxylic acids is 3. The van der Waals surface area contributed by atoms with Crippen molar-refractivity contribution in [3.05, 3.63) is 54.0 Å². The fraction of sp³-hybridized carbons (Fsp3) is 0.316. The summed E-state index contributed by atoms with van der Waals surface area (Å²) in [6.07, 6.45) is 1.77. The Morgan fingerprint density at radius 3 is 2.23 bits per heavy atom. The first kappa shape index (κ1) is 17.7. The third-order valence-corrected chi connectivity index (χ3v) is 4.28. The lowest BCUT2D eigenvalue weighted by Gasteiger charge is -2.34. The number of amides is 3. The van der Waals surface area contributed by atoms with Gasteiger partial charge in [0.2, 0.25) is 11.8 Å². The number of piperazine rings is 1. The lowest BCUT2D eigenvalue weighted by molar-refractivity contribution is -0.132. The third-order valence-electron chi connectivity index (χ3n) is 4.28. The van der Waals surface area contributed by atoms with Crippen LogP contribution in [0.25, 0.3) is 0 Å². The molecule has 3 amide bonds. The van der Waals surface area contributed by atoms with Crippen molar-refractivity contribution in [3.8, 4) is 0 Å². The van der Waals surface area contributed by atoms with Crippen LogP contribution in [-0.2, 0) is 16.0 Å². The molecule has 1 fully saturated rings. The molecule has 0 spiro atoms. The van der Waals surface area contributed by atoms with E-state index < -0.39 is 0 Å². The normalized spacial score (nSPS) is 14.2. The van der Waals surface area contributed by atoms with Gasteiger partial charge in [-0.2, -0.15) is 0 Å². The van der Waals surface area contributed by atoms with E-state index >= 15 is 0 Å². The van der Waals surface area contributed by atoms with Gasteiger partial charge in [-0.05, 0) is 29.8 Å². The quantitative estimate of drug-likeness (QED) is 0.906. The highest BCUT2D eigenvalue weighted by atomic mass is 16.3. The summed E-state index contributed by atoms with van der Waals surface area (Å²) in [7, 11) is 0. The number of nitrogens with one attached hydrogen (secondary N) is 1. The Kier molecular flexibility index (Phi) is 5.36. The predicted octanol–water partition coefficient (Wildman–Crippen LogP) is 1.77. The molecule has 0 atom stereocenters. The Balaban J connectivity index is 1.50. The van der Waals surface area contributed by atoms with Crippen molar-refractivity contribution in [2.45, 2.75) is 13.3 Å². The number of hydrogen-bond acceptors (Lipinski definition) is 4. The standard InChI is InChI=1S/C19H21N3O4/c1-14(23)20-16-6-4-15(5-7-16)13-18(24)21-8-10-22(11-9-21)19(25)17-3-2-12-26-17/h2-7,12H,8-11,13H2,1H3,(H,20,23). The van der Waals surface area contributed by atoms with Crippen molar-refractivity contribution in [1.82, 2.24) is 9.80 Å². The predicted molar refractivity (Wildman–Crippen MR) is 95.6 cm³/mol. The van der Waals surface area contributed by atoms with Crippen LogP contribution in [0.2, 0.25) is 0 Å². The first-order valence-corrected chi connectivity index (χ1v) is 8.50. The molecule has 2 heterocycles. The van der Waals surface area contributed by atoms with Gasteiger partial charge in [-0.15, -0.1) is 0 Å². The van der Waals surface area contributed by atoms with Crippen LogP contribution in [0.4, 0.5) is 5.69 Å². The maximum absolute atomic E-state index is 12.5.